The summed E-state index contributed by atoms with van der Waals surface area (Å²) in [6, 6.07) is 4.00. The molecule has 112 valence electrons. The van der Waals surface area contributed by atoms with E-state index in [4.69, 9.17) is 0 Å². The molecule has 2 heterocycles. The monoisotopic (exact) mass is 305 g/mol. The van der Waals surface area contributed by atoms with Crippen LogP contribution in [0.25, 0.3) is 0 Å². The molecule has 1 saturated carbocycles. The van der Waals surface area contributed by atoms with E-state index in [1.807, 2.05) is 13.8 Å². The normalized spacial score (nSPS) is 22.2. The molecule has 0 atom stereocenters. The average Bonchev–Trinajstić information content (AvgIpc) is 2.88. The molecule has 2 aromatic heterocycles. The van der Waals surface area contributed by atoms with Crippen LogP contribution in [0.3, 0.4) is 0 Å². The van der Waals surface area contributed by atoms with Crippen LogP contribution in [0.5, 0.6) is 0 Å². The molecule has 0 bridgehead atoms. The third-order valence-electron chi connectivity index (χ3n) is 3.86. The zero-order valence-electron chi connectivity index (χ0n) is 12.2. The fourth-order valence-electron chi connectivity index (χ4n) is 2.78. The predicted molar refractivity (Wildman–Crippen MR) is 82.8 cm³/mol. The molecule has 1 fully saturated rings. The van der Waals surface area contributed by atoms with Gasteiger partial charge in [0.15, 0.2) is 0 Å². The molecular formula is C14H19N5OS. The van der Waals surface area contributed by atoms with E-state index in [1.165, 1.54) is 11.5 Å². The van der Waals surface area contributed by atoms with Crippen molar-refractivity contribution in [3.05, 3.63) is 34.0 Å². The van der Waals surface area contributed by atoms with Crippen LogP contribution in [0.15, 0.2) is 16.9 Å². The Labute approximate surface area is 127 Å². The number of nitrogens with zero attached hydrogens (tertiary/aromatic N) is 4. The van der Waals surface area contributed by atoms with Gasteiger partial charge in [0.1, 0.15) is 5.82 Å². The van der Waals surface area contributed by atoms with Crippen molar-refractivity contribution >= 4 is 16.7 Å². The number of hydrogen-bond acceptors (Lipinski definition) is 6. The molecule has 1 N–H and O–H groups in total. The number of aryl methyl sites for hydroxylation is 2. The highest BCUT2D eigenvalue weighted by atomic mass is 32.1. The van der Waals surface area contributed by atoms with Gasteiger partial charge in [0.25, 0.3) is 5.56 Å². The summed E-state index contributed by atoms with van der Waals surface area (Å²) >= 11 is 1.40. The second kappa shape index (κ2) is 5.93. The van der Waals surface area contributed by atoms with Gasteiger partial charge in [-0.25, -0.2) is 9.67 Å². The van der Waals surface area contributed by atoms with Crippen LogP contribution >= 0.6 is 11.5 Å². The first-order chi connectivity index (χ1) is 10.1. The van der Waals surface area contributed by atoms with Crippen LogP contribution in [0.1, 0.15) is 43.2 Å². The lowest BCUT2D eigenvalue weighted by Crippen LogP contribution is -2.33. The summed E-state index contributed by atoms with van der Waals surface area (Å²) in [6.07, 6.45) is 3.97. The van der Waals surface area contributed by atoms with Gasteiger partial charge in [0, 0.05) is 23.6 Å². The zero-order valence-corrected chi connectivity index (χ0v) is 13.1. The highest BCUT2D eigenvalue weighted by Gasteiger charge is 2.24. The number of rotatable bonds is 3. The molecule has 6 nitrogen and oxygen atoms in total. The second-order valence-electron chi connectivity index (χ2n) is 5.55. The van der Waals surface area contributed by atoms with E-state index >= 15 is 0 Å². The minimum atomic E-state index is -0.00300. The van der Waals surface area contributed by atoms with Gasteiger partial charge in [-0.15, -0.1) is 0 Å². The summed E-state index contributed by atoms with van der Waals surface area (Å²) in [4.78, 5) is 16.3. The molecule has 2 aromatic rings. The molecule has 3 rings (SSSR count). The van der Waals surface area contributed by atoms with Crippen molar-refractivity contribution in [2.45, 2.75) is 51.6 Å². The molecule has 0 amide bonds. The average molecular weight is 305 g/mol. The van der Waals surface area contributed by atoms with Crippen molar-refractivity contribution in [1.29, 1.82) is 0 Å². The van der Waals surface area contributed by atoms with Crippen molar-refractivity contribution in [2.75, 3.05) is 5.32 Å². The van der Waals surface area contributed by atoms with Gasteiger partial charge in [-0.05, 0) is 45.6 Å². The molecule has 1 aliphatic rings. The Hall–Kier alpha value is -1.76. The molecule has 7 heteroatoms. The molecule has 0 aliphatic heterocycles. The largest absolute Gasteiger partial charge is 0.358 e. The van der Waals surface area contributed by atoms with Crippen LogP contribution < -0.4 is 10.9 Å². The Morgan fingerprint density at radius 2 is 2.00 bits per heavy atom. The summed E-state index contributed by atoms with van der Waals surface area (Å²) in [5.41, 5.74) is 0.885. The van der Waals surface area contributed by atoms with Crippen LogP contribution in [-0.2, 0) is 0 Å². The number of anilines is 1. The summed E-state index contributed by atoms with van der Waals surface area (Å²) in [6.45, 7) is 3.81. The Morgan fingerprint density at radius 1 is 1.24 bits per heavy atom. The lowest BCUT2D eigenvalue weighted by molar-refractivity contribution is 0.302. The van der Waals surface area contributed by atoms with Crippen LogP contribution in [0.2, 0.25) is 0 Å². The van der Waals surface area contributed by atoms with E-state index in [0.717, 1.165) is 42.3 Å². The van der Waals surface area contributed by atoms with Gasteiger partial charge in [0.05, 0.1) is 11.7 Å². The standard InChI is InChI=1S/C14H19N5OS/c1-9-3-8-13(20)19(17-9)12-6-4-11(5-7-12)16-14-15-10(2)18-21-14/h3,8,11-12H,4-7H2,1-2H3,(H,15,16,18). The number of nitrogens with one attached hydrogen (secondary N) is 1. The second-order valence-corrected chi connectivity index (χ2v) is 6.31. The third-order valence-corrected chi connectivity index (χ3v) is 4.59. The molecular weight excluding hydrogens is 286 g/mol. The van der Waals surface area contributed by atoms with Crippen molar-refractivity contribution < 1.29 is 0 Å². The summed E-state index contributed by atoms with van der Waals surface area (Å²) in [5.74, 6) is 0.812. The first kappa shape index (κ1) is 14.2. The van der Waals surface area contributed by atoms with Crippen LogP contribution in [0.4, 0.5) is 5.13 Å². The van der Waals surface area contributed by atoms with Gasteiger partial charge in [-0.2, -0.15) is 9.47 Å². The molecule has 21 heavy (non-hydrogen) atoms. The summed E-state index contributed by atoms with van der Waals surface area (Å²) in [5, 5.41) is 8.70. The van der Waals surface area contributed by atoms with E-state index in [2.05, 4.69) is 19.8 Å². The maximum absolute atomic E-state index is 11.9. The highest BCUT2D eigenvalue weighted by Crippen LogP contribution is 2.29. The molecule has 0 unspecified atom stereocenters. The molecule has 1 aliphatic carbocycles. The van der Waals surface area contributed by atoms with Gasteiger partial charge >= 0.3 is 0 Å². The van der Waals surface area contributed by atoms with E-state index in [9.17, 15) is 4.79 Å². The Morgan fingerprint density at radius 3 is 2.67 bits per heavy atom. The van der Waals surface area contributed by atoms with E-state index in [1.54, 1.807) is 16.8 Å². The number of hydrogen-bond donors (Lipinski definition) is 1. The Balaban J connectivity index is 1.62. The molecule has 0 saturated heterocycles. The van der Waals surface area contributed by atoms with Crippen molar-refractivity contribution in [3.63, 3.8) is 0 Å². The molecule has 0 aromatic carbocycles. The quantitative estimate of drug-likeness (QED) is 0.942. The van der Waals surface area contributed by atoms with Crippen LogP contribution in [0, 0.1) is 13.8 Å². The third kappa shape index (κ3) is 3.29. The SMILES string of the molecule is Cc1ccc(=O)n(C2CCC(Nc3nc(C)ns3)CC2)n1. The lowest BCUT2D eigenvalue weighted by Gasteiger charge is -2.29. The van der Waals surface area contributed by atoms with Crippen LogP contribution in [-0.4, -0.2) is 25.2 Å². The van der Waals surface area contributed by atoms with E-state index in [-0.39, 0.29) is 11.6 Å². The summed E-state index contributed by atoms with van der Waals surface area (Å²) in [7, 11) is 0. The minimum absolute atomic E-state index is 0.00300. The predicted octanol–water partition coefficient (Wildman–Crippen LogP) is 2.31. The molecule has 0 spiro atoms. The highest BCUT2D eigenvalue weighted by molar-refractivity contribution is 7.09. The minimum Gasteiger partial charge on any atom is -0.358 e. The Bertz CT molecular complexity index is 672. The first-order valence-electron chi connectivity index (χ1n) is 7.25. The molecule has 0 radical (unpaired) electrons. The van der Waals surface area contributed by atoms with Crippen molar-refractivity contribution in [2.24, 2.45) is 0 Å². The van der Waals surface area contributed by atoms with Crippen molar-refractivity contribution in [1.82, 2.24) is 19.1 Å². The van der Waals surface area contributed by atoms with E-state index < -0.39 is 0 Å². The van der Waals surface area contributed by atoms with Crippen molar-refractivity contribution in [3.8, 4) is 0 Å². The fraction of sp³-hybridized carbons (Fsp3) is 0.571. The Kier molecular flexibility index (Phi) is 4.01. The summed E-state index contributed by atoms with van der Waals surface area (Å²) < 4.78 is 5.83. The van der Waals surface area contributed by atoms with Gasteiger partial charge in [-0.1, -0.05) is 0 Å². The topological polar surface area (TPSA) is 72.7 Å². The maximum Gasteiger partial charge on any atom is 0.267 e. The van der Waals surface area contributed by atoms with Gasteiger partial charge in [0.2, 0.25) is 5.13 Å². The van der Waals surface area contributed by atoms with Gasteiger partial charge in [-0.3, -0.25) is 4.79 Å². The smallest absolute Gasteiger partial charge is 0.267 e. The maximum atomic E-state index is 11.9. The number of aromatic nitrogens is 4. The van der Waals surface area contributed by atoms with Gasteiger partial charge < -0.3 is 5.32 Å². The lowest BCUT2D eigenvalue weighted by atomic mass is 9.91. The zero-order chi connectivity index (χ0) is 14.8. The van der Waals surface area contributed by atoms with E-state index in [0.29, 0.717) is 6.04 Å². The first-order valence-corrected chi connectivity index (χ1v) is 8.02. The fourth-order valence-corrected chi connectivity index (χ4v) is 3.43.